The van der Waals surface area contributed by atoms with Crippen LogP contribution in [0.2, 0.25) is 0 Å². The third kappa shape index (κ3) is 4.61. The first-order chi connectivity index (χ1) is 15.3. The first-order valence-corrected chi connectivity index (χ1v) is 10.2. The van der Waals surface area contributed by atoms with E-state index in [4.69, 9.17) is 14.5 Å². The lowest BCUT2D eigenvalue weighted by atomic mass is 10.2. The van der Waals surface area contributed by atoms with E-state index in [0.717, 1.165) is 16.9 Å². The highest BCUT2D eigenvalue weighted by Gasteiger charge is 2.18. The van der Waals surface area contributed by atoms with Gasteiger partial charge >= 0.3 is 6.03 Å². The minimum Gasteiger partial charge on any atom is -0.497 e. The number of fused-ring (bicyclic) bond motifs is 1. The van der Waals surface area contributed by atoms with Crippen molar-refractivity contribution >= 4 is 28.7 Å². The molecule has 0 aliphatic heterocycles. The number of nitrogens with zero attached hydrogens (tertiary/aromatic N) is 4. The van der Waals surface area contributed by atoms with Crippen molar-refractivity contribution in [3.63, 3.8) is 0 Å². The molecule has 9 nitrogen and oxygen atoms in total. The van der Waals surface area contributed by atoms with Crippen LogP contribution in [0.3, 0.4) is 0 Å². The molecule has 3 rings (SSSR count). The average molecular weight is 440 g/mol. The van der Waals surface area contributed by atoms with Crippen LogP contribution < -0.4 is 14.8 Å². The maximum atomic E-state index is 12.8. The lowest BCUT2D eigenvalue weighted by Crippen LogP contribution is -2.32. The Balaban J connectivity index is 1.82. The maximum absolute atomic E-state index is 12.8. The minimum absolute atomic E-state index is 0.0792. The predicted molar refractivity (Wildman–Crippen MR) is 123 cm³/mol. The van der Waals surface area contributed by atoms with E-state index in [0.29, 0.717) is 35.8 Å². The zero-order valence-corrected chi connectivity index (χ0v) is 19.3. The van der Waals surface area contributed by atoms with Gasteiger partial charge in [-0.15, -0.1) is 0 Å². The van der Waals surface area contributed by atoms with Gasteiger partial charge in [0.2, 0.25) is 0 Å². The summed E-state index contributed by atoms with van der Waals surface area (Å²) < 4.78 is 12.6. The molecule has 1 aromatic heterocycles. The summed E-state index contributed by atoms with van der Waals surface area (Å²) in [5, 5.41) is 2.86. The van der Waals surface area contributed by atoms with Crippen LogP contribution in [0.25, 0.3) is 11.0 Å². The summed E-state index contributed by atoms with van der Waals surface area (Å²) in [4.78, 5) is 32.9. The monoisotopic (exact) mass is 439 g/mol. The molecule has 0 saturated carbocycles. The third-order valence-corrected chi connectivity index (χ3v) is 5.17. The Morgan fingerprint density at radius 2 is 1.81 bits per heavy atom. The normalized spacial score (nSPS) is 10.7. The number of nitrogens with one attached hydrogen (secondary N) is 1. The van der Waals surface area contributed by atoms with Gasteiger partial charge in [-0.25, -0.2) is 9.78 Å². The molecule has 9 heteroatoms. The summed E-state index contributed by atoms with van der Waals surface area (Å²) in [7, 11) is 8.24. The van der Waals surface area contributed by atoms with E-state index < -0.39 is 0 Å². The number of carbonyl (C=O) groups is 2. The van der Waals surface area contributed by atoms with E-state index in [1.807, 2.05) is 17.6 Å². The van der Waals surface area contributed by atoms with Gasteiger partial charge in [0.05, 0.1) is 37.5 Å². The van der Waals surface area contributed by atoms with Gasteiger partial charge in [0.25, 0.3) is 5.91 Å². The maximum Gasteiger partial charge on any atom is 0.322 e. The molecule has 0 fully saturated rings. The van der Waals surface area contributed by atoms with Crippen molar-refractivity contribution < 1.29 is 19.1 Å². The Hall–Kier alpha value is -3.75. The van der Waals surface area contributed by atoms with Crippen LogP contribution in [0, 0.1) is 0 Å². The largest absolute Gasteiger partial charge is 0.497 e. The molecule has 3 amide bonds. The summed E-state index contributed by atoms with van der Waals surface area (Å²) in [5.74, 6) is 1.79. The van der Waals surface area contributed by atoms with Crippen molar-refractivity contribution in [2.45, 2.75) is 20.0 Å². The molecule has 0 aliphatic rings. The number of aromatic nitrogens is 2. The molecule has 0 aliphatic carbocycles. The lowest BCUT2D eigenvalue weighted by molar-refractivity contribution is 0.0827. The average Bonchev–Trinajstić information content (AvgIpc) is 3.14. The number of rotatable bonds is 7. The molecule has 32 heavy (non-hydrogen) atoms. The third-order valence-electron chi connectivity index (χ3n) is 5.17. The summed E-state index contributed by atoms with van der Waals surface area (Å²) in [5.41, 5.74) is 2.76. The molecular formula is C23H29N5O4. The van der Waals surface area contributed by atoms with E-state index in [1.54, 1.807) is 63.5 Å². The van der Waals surface area contributed by atoms with Crippen molar-refractivity contribution in [3.8, 4) is 11.5 Å². The number of benzene rings is 2. The predicted octanol–water partition coefficient (Wildman–Crippen LogP) is 3.44. The van der Waals surface area contributed by atoms with Gasteiger partial charge in [0.1, 0.15) is 17.3 Å². The first-order valence-electron chi connectivity index (χ1n) is 10.2. The Morgan fingerprint density at radius 1 is 1.06 bits per heavy atom. The minimum atomic E-state index is -0.299. The van der Waals surface area contributed by atoms with Gasteiger partial charge in [-0.1, -0.05) is 0 Å². The molecular weight excluding hydrogens is 410 g/mol. The van der Waals surface area contributed by atoms with Crippen molar-refractivity contribution in [1.82, 2.24) is 19.4 Å². The highest BCUT2D eigenvalue weighted by atomic mass is 16.5. The van der Waals surface area contributed by atoms with Gasteiger partial charge in [0, 0.05) is 39.3 Å². The van der Waals surface area contributed by atoms with Crippen LogP contribution in [0.15, 0.2) is 36.4 Å². The quantitative estimate of drug-likeness (QED) is 0.609. The van der Waals surface area contributed by atoms with Gasteiger partial charge < -0.3 is 29.2 Å². The number of carbonyl (C=O) groups excluding carboxylic acids is 2. The van der Waals surface area contributed by atoms with Crippen molar-refractivity contribution in [2.24, 2.45) is 0 Å². The number of imidazole rings is 1. The lowest BCUT2D eigenvalue weighted by Gasteiger charge is -2.19. The molecule has 0 atom stereocenters. The second kappa shape index (κ2) is 9.59. The summed E-state index contributed by atoms with van der Waals surface area (Å²) in [6, 6.07) is 10.4. The number of urea groups is 1. The number of methoxy groups -OCH3 is 2. The van der Waals surface area contributed by atoms with Crippen molar-refractivity contribution in [3.05, 3.63) is 47.8 Å². The molecule has 0 saturated heterocycles. The second-order valence-electron chi connectivity index (χ2n) is 7.53. The molecule has 1 N–H and O–H groups in total. The summed E-state index contributed by atoms with van der Waals surface area (Å²) >= 11 is 0. The summed E-state index contributed by atoms with van der Waals surface area (Å²) in [6.45, 7) is 3.00. The van der Waals surface area contributed by atoms with E-state index in [2.05, 4.69) is 5.32 Å². The summed E-state index contributed by atoms with van der Waals surface area (Å²) in [6.07, 6.45) is 0. The van der Waals surface area contributed by atoms with Gasteiger partial charge in [-0.2, -0.15) is 0 Å². The topological polar surface area (TPSA) is 88.9 Å². The van der Waals surface area contributed by atoms with E-state index >= 15 is 0 Å². The van der Waals surface area contributed by atoms with Crippen LogP contribution in [0.1, 0.15) is 23.1 Å². The molecule has 1 heterocycles. The van der Waals surface area contributed by atoms with Gasteiger partial charge in [0.15, 0.2) is 0 Å². The molecule has 2 aromatic carbocycles. The molecule has 0 unspecified atom stereocenters. The fourth-order valence-electron chi connectivity index (χ4n) is 3.44. The zero-order chi connectivity index (χ0) is 23.4. The van der Waals surface area contributed by atoms with Gasteiger partial charge in [-0.3, -0.25) is 4.79 Å². The zero-order valence-electron chi connectivity index (χ0n) is 19.3. The Bertz CT molecular complexity index is 1140. The van der Waals surface area contributed by atoms with Crippen LogP contribution in [-0.4, -0.2) is 66.7 Å². The molecule has 170 valence electrons. The van der Waals surface area contributed by atoms with Crippen LogP contribution in [0.5, 0.6) is 11.5 Å². The Kier molecular flexibility index (Phi) is 6.87. The van der Waals surface area contributed by atoms with Crippen molar-refractivity contribution in [2.75, 3.05) is 40.7 Å². The van der Waals surface area contributed by atoms with E-state index in [-0.39, 0.29) is 11.9 Å². The fourth-order valence-corrected chi connectivity index (χ4v) is 3.44. The van der Waals surface area contributed by atoms with Crippen LogP contribution in [0.4, 0.5) is 10.5 Å². The van der Waals surface area contributed by atoms with E-state index in [1.165, 1.54) is 12.0 Å². The Morgan fingerprint density at radius 3 is 2.44 bits per heavy atom. The highest BCUT2D eigenvalue weighted by Crippen LogP contribution is 2.29. The van der Waals surface area contributed by atoms with Crippen LogP contribution >= 0.6 is 0 Å². The number of aryl methyl sites for hydroxylation is 1. The fraction of sp³-hybridized carbons (Fsp3) is 0.348. The Labute approximate surface area is 187 Å². The molecule has 0 radical (unpaired) electrons. The standard InChI is InChI=1S/C23H29N5O4/c1-7-28-19-11-8-15(22(29)26(2)3)12-18(19)24-21(28)14-27(4)23(30)25-17-10-9-16(31-5)13-20(17)32-6/h8-13H,7,14H2,1-6H3,(H,25,30). The smallest absolute Gasteiger partial charge is 0.322 e. The number of anilines is 1. The SMILES string of the molecule is CCn1c(CN(C)C(=O)Nc2ccc(OC)cc2OC)nc2cc(C(=O)N(C)C)ccc21. The number of hydrogen-bond acceptors (Lipinski definition) is 5. The second-order valence-corrected chi connectivity index (χ2v) is 7.53. The molecule has 0 spiro atoms. The number of ether oxygens (including phenoxy) is 2. The number of hydrogen-bond donors (Lipinski definition) is 1. The highest BCUT2D eigenvalue weighted by molar-refractivity contribution is 5.97. The first kappa shape index (κ1) is 22.9. The van der Waals surface area contributed by atoms with Crippen LogP contribution in [-0.2, 0) is 13.1 Å². The van der Waals surface area contributed by atoms with Crippen molar-refractivity contribution in [1.29, 1.82) is 0 Å². The van der Waals surface area contributed by atoms with Gasteiger partial charge in [-0.05, 0) is 37.3 Å². The molecule has 3 aromatic rings. The number of amides is 3. The molecule has 0 bridgehead atoms. The van der Waals surface area contributed by atoms with E-state index in [9.17, 15) is 9.59 Å².